The molecule has 0 aromatic carbocycles. The van der Waals surface area contributed by atoms with Gasteiger partial charge in [0.2, 0.25) is 0 Å². The average Bonchev–Trinajstić information content (AvgIpc) is 3.00. The van der Waals surface area contributed by atoms with E-state index in [2.05, 4.69) is 38.9 Å². The zero-order chi connectivity index (χ0) is 11.7. The van der Waals surface area contributed by atoms with E-state index >= 15 is 0 Å². The molecule has 2 unspecified atom stereocenters. The third-order valence-electron chi connectivity index (χ3n) is 3.25. The SMILES string of the molecule is CC1CC(c2nc(-c3cccs3)n[nH]2)CCN1. The van der Waals surface area contributed by atoms with Crippen molar-refractivity contribution in [2.45, 2.75) is 31.7 Å². The molecule has 2 N–H and O–H groups in total. The maximum absolute atomic E-state index is 4.63. The Morgan fingerprint density at radius 3 is 3.18 bits per heavy atom. The Morgan fingerprint density at radius 1 is 1.47 bits per heavy atom. The zero-order valence-corrected chi connectivity index (χ0v) is 10.6. The second kappa shape index (κ2) is 4.58. The number of aromatic amines is 1. The molecule has 0 bridgehead atoms. The molecule has 0 saturated carbocycles. The molecule has 1 saturated heterocycles. The fraction of sp³-hybridized carbons (Fsp3) is 0.500. The summed E-state index contributed by atoms with van der Waals surface area (Å²) in [6.07, 6.45) is 2.28. The minimum absolute atomic E-state index is 0.521. The van der Waals surface area contributed by atoms with Gasteiger partial charge in [0.1, 0.15) is 5.82 Å². The number of rotatable bonds is 2. The Labute approximate surface area is 104 Å². The van der Waals surface area contributed by atoms with E-state index in [1.165, 1.54) is 0 Å². The van der Waals surface area contributed by atoms with Gasteiger partial charge in [-0.15, -0.1) is 11.3 Å². The lowest BCUT2D eigenvalue weighted by atomic mass is 9.93. The van der Waals surface area contributed by atoms with Crippen LogP contribution in [0.1, 0.15) is 31.5 Å². The van der Waals surface area contributed by atoms with E-state index in [1.54, 1.807) is 11.3 Å². The first-order chi connectivity index (χ1) is 8.33. The fourth-order valence-electron chi connectivity index (χ4n) is 2.35. The van der Waals surface area contributed by atoms with Crippen LogP contribution < -0.4 is 5.32 Å². The summed E-state index contributed by atoms with van der Waals surface area (Å²) >= 11 is 1.68. The number of aromatic nitrogens is 3. The largest absolute Gasteiger partial charge is 0.314 e. The lowest BCUT2D eigenvalue weighted by molar-refractivity contribution is 0.372. The molecular formula is C12H16N4S. The van der Waals surface area contributed by atoms with E-state index in [0.29, 0.717) is 12.0 Å². The van der Waals surface area contributed by atoms with Gasteiger partial charge in [0.15, 0.2) is 5.82 Å². The summed E-state index contributed by atoms with van der Waals surface area (Å²) in [5, 5.41) is 12.9. The molecule has 1 aliphatic rings. The lowest BCUT2D eigenvalue weighted by Gasteiger charge is -2.26. The molecule has 2 atom stereocenters. The highest BCUT2D eigenvalue weighted by Crippen LogP contribution is 2.27. The summed E-state index contributed by atoms with van der Waals surface area (Å²) in [6, 6.07) is 4.66. The summed E-state index contributed by atoms with van der Waals surface area (Å²) < 4.78 is 0. The molecular weight excluding hydrogens is 232 g/mol. The summed E-state index contributed by atoms with van der Waals surface area (Å²) in [4.78, 5) is 5.76. The number of piperidine rings is 1. The molecule has 5 heteroatoms. The second-order valence-electron chi connectivity index (χ2n) is 4.60. The maximum atomic E-state index is 4.63. The Hall–Kier alpha value is -1.20. The minimum Gasteiger partial charge on any atom is -0.314 e. The topological polar surface area (TPSA) is 53.6 Å². The molecule has 0 spiro atoms. The standard InChI is InChI=1S/C12H16N4S/c1-8-7-9(4-5-13-8)11-14-12(16-15-11)10-3-2-6-17-10/h2-3,6,8-9,13H,4-5,7H2,1H3,(H,14,15,16). The van der Waals surface area contributed by atoms with E-state index < -0.39 is 0 Å². The van der Waals surface area contributed by atoms with Crippen LogP contribution in [0.25, 0.3) is 10.7 Å². The Morgan fingerprint density at radius 2 is 2.41 bits per heavy atom. The molecule has 90 valence electrons. The first-order valence-corrected chi connectivity index (χ1v) is 6.90. The van der Waals surface area contributed by atoms with Crippen molar-refractivity contribution < 1.29 is 0 Å². The zero-order valence-electron chi connectivity index (χ0n) is 9.81. The highest BCUT2D eigenvalue weighted by molar-refractivity contribution is 7.13. The van der Waals surface area contributed by atoms with Crippen molar-refractivity contribution in [1.82, 2.24) is 20.5 Å². The summed E-state index contributed by atoms with van der Waals surface area (Å²) in [7, 11) is 0. The number of thiophene rings is 1. The summed E-state index contributed by atoms with van der Waals surface area (Å²) in [5.74, 6) is 2.40. The summed E-state index contributed by atoms with van der Waals surface area (Å²) in [5.41, 5.74) is 0. The molecule has 17 heavy (non-hydrogen) atoms. The molecule has 0 radical (unpaired) electrons. The molecule has 4 nitrogen and oxygen atoms in total. The highest BCUT2D eigenvalue weighted by atomic mass is 32.1. The van der Waals surface area contributed by atoms with Gasteiger partial charge in [-0.3, -0.25) is 5.10 Å². The number of hydrogen-bond acceptors (Lipinski definition) is 4. The Bertz CT molecular complexity index is 476. The molecule has 1 aliphatic heterocycles. The molecule has 3 heterocycles. The predicted octanol–water partition coefficient (Wildman–Crippen LogP) is 2.39. The van der Waals surface area contributed by atoms with Gasteiger partial charge in [0.25, 0.3) is 0 Å². The van der Waals surface area contributed by atoms with Gasteiger partial charge in [-0.25, -0.2) is 4.98 Å². The normalized spacial score (nSPS) is 25.0. The van der Waals surface area contributed by atoms with Crippen LogP contribution in [0.2, 0.25) is 0 Å². The Balaban J connectivity index is 1.80. The van der Waals surface area contributed by atoms with Crippen LogP contribution in [0.3, 0.4) is 0 Å². The van der Waals surface area contributed by atoms with Crippen molar-refractivity contribution in [3.63, 3.8) is 0 Å². The second-order valence-corrected chi connectivity index (χ2v) is 5.55. The molecule has 2 aromatic rings. The summed E-state index contributed by atoms with van der Waals surface area (Å²) in [6.45, 7) is 3.30. The van der Waals surface area contributed by atoms with Crippen LogP contribution in [0.4, 0.5) is 0 Å². The van der Waals surface area contributed by atoms with Crippen molar-refractivity contribution in [3.8, 4) is 10.7 Å². The van der Waals surface area contributed by atoms with E-state index in [0.717, 1.165) is 35.9 Å². The predicted molar refractivity (Wildman–Crippen MR) is 69.1 cm³/mol. The fourth-order valence-corrected chi connectivity index (χ4v) is 3.01. The Kier molecular flexibility index (Phi) is 2.94. The molecule has 3 rings (SSSR count). The van der Waals surface area contributed by atoms with E-state index in [-0.39, 0.29) is 0 Å². The first-order valence-electron chi connectivity index (χ1n) is 6.02. The van der Waals surface area contributed by atoms with Crippen molar-refractivity contribution in [3.05, 3.63) is 23.3 Å². The number of nitrogens with one attached hydrogen (secondary N) is 2. The van der Waals surface area contributed by atoms with Crippen molar-refractivity contribution in [2.24, 2.45) is 0 Å². The highest BCUT2D eigenvalue weighted by Gasteiger charge is 2.23. The first kappa shape index (κ1) is 10.9. The van der Waals surface area contributed by atoms with E-state index in [9.17, 15) is 0 Å². The molecule has 2 aromatic heterocycles. The van der Waals surface area contributed by atoms with Crippen LogP contribution in [-0.2, 0) is 0 Å². The third kappa shape index (κ3) is 2.25. The lowest BCUT2D eigenvalue weighted by Crippen LogP contribution is -2.35. The van der Waals surface area contributed by atoms with Crippen LogP contribution in [0.5, 0.6) is 0 Å². The van der Waals surface area contributed by atoms with Gasteiger partial charge in [-0.2, -0.15) is 5.10 Å². The smallest absolute Gasteiger partial charge is 0.191 e. The van der Waals surface area contributed by atoms with Crippen LogP contribution >= 0.6 is 11.3 Å². The van der Waals surface area contributed by atoms with Crippen LogP contribution in [0.15, 0.2) is 17.5 Å². The molecule has 1 fully saturated rings. The van der Waals surface area contributed by atoms with Gasteiger partial charge in [-0.05, 0) is 37.8 Å². The monoisotopic (exact) mass is 248 g/mol. The van der Waals surface area contributed by atoms with Crippen LogP contribution in [-0.4, -0.2) is 27.8 Å². The van der Waals surface area contributed by atoms with Gasteiger partial charge >= 0.3 is 0 Å². The van der Waals surface area contributed by atoms with Crippen molar-refractivity contribution in [2.75, 3.05) is 6.54 Å². The van der Waals surface area contributed by atoms with Gasteiger partial charge < -0.3 is 5.32 Å². The minimum atomic E-state index is 0.521. The van der Waals surface area contributed by atoms with Crippen molar-refractivity contribution >= 4 is 11.3 Å². The van der Waals surface area contributed by atoms with E-state index in [4.69, 9.17) is 0 Å². The van der Waals surface area contributed by atoms with Gasteiger partial charge in [-0.1, -0.05) is 6.07 Å². The number of hydrogen-bond donors (Lipinski definition) is 2. The number of H-pyrrole nitrogens is 1. The van der Waals surface area contributed by atoms with Crippen LogP contribution in [0, 0.1) is 0 Å². The van der Waals surface area contributed by atoms with E-state index in [1.807, 2.05) is 6.07 Å². The maximum Gasteiger partial charge on any atom is 0.191 e. The van der Waals surface area contributed by atoms with Gasteiger partial charge in [0.05, 0.1) is 4.88 Å². The van der Waals surface area contributed by atoms with Gasteiger partial charge in [0, 0.05) is 12.0 Å². The number of nitrogens with zero attached hydrogens (tertiary/aromatic N) is 2. The average molecular weight is 248 g/mol. The third-order valence-corrected chi connectivity index (χ3v) is 4.12. The molecule has 0 amide bonds. The van der Waals surface area contributed by atoms with Crippen molar-refractivity contribution in [1.29, 1.82) is 0 Å². The molecule has 0 aliphatic carbocycles. The quantitative estimate of drug-likeness (QED) is 0.858.